The van der Waals surface area contributed by atoms with E-state index in [1.54, 1.807) is 0 Å². The lowest BCUT2D eigenvalue weighted by atomic mass is 9.78. The molecule has 10 nitrogen and oxygen atoms in total. The second-order valence-corrected chi connectivity index (χ2v) is 32.4. The van der Waals surface area contributed by atoms with E-state index < -0.39 is 0 Å². The lowest BCUT2D eigenvalue weighted by Crippen LogP contribution is -2.41. The Morgan fingerprint density at radius 2 is 0.467 bits per heavy atom. The first-order valence-electron chi connectivity index (χ1n) is 40.9. The molecule has 1 aliphatic rings. The molecule has 0 aliphatic carbocycles. The van der Waals surface area contributed by atoms with Crippen LogP contribution in [-0.4, -0.2) is 58.2 Å². The summed E-state index contributed by atoms with van der Waals surface area (Å²) in [7, 11) is -0.325. The zero-order valence-corrected chi connectivity index (χ0v) is 69.2. The van der Waals surface area contributed by atoms with Gasteiger partial charge in [0.1, 0.15) is 0 Å². The molecule has 20 aromatic rings. The van der Waals surface area contributed by atoms with Crippen LogP contribution in [0.25, 0.3) is 189 Å². The fourth-order valence-electron chi connectivity index (χ4n) is 15.6. The lowest BCUT2D eigenvalue weighted by molar-refractivity contribution is 0.00578. The van der Waals surface area contributed by atoms with Gasteiger partial charge in [0.15, 0.2) is 34.9 Å². The zero-order chi connectivity index (χ0) is 82.5. The van der Waals surface area contributed by atoms with Crippen LogP contribution in [0.3, 0.4) is 0 Å². The van der Waals surface area contributed by atoms with Crippen molar-refractivity contribution < 1.29 is 9.31 Å². The van der Waals surface area contributed by atoms with Crippen molar-refractivity contribution in [2.24, 2.45) is 0 Å². The summed E-state index contributed by atoms with van der Waals surface area (Å²) >= 11 is 3.57. The van der Waals surface area contributed by atoms with Gasteiger partial charge in [0.2, 0.25) is 0 Å². The SMILES string of the molecule is Brc1cccc(-c2ccc(-c3ccc(-c4nc(-c5ccccc5)nc(-c5ccc(-c6ccccc6)cc5)n4)cc3)cc2)c1.CC1(C)OB(c2ccc3c(ccc4ccncc43)c2)OC1(C)C.c1ccc(-c2ccc(-c3nc(-c4ccccc4)nc(-c4ccc(-c5ccc(-c6cccc(-c7ccc8c(ccc9ccncc98)c7)c6)cc5)cc4)n3)cc2)cc1. The second-order valence-electron chi connectivity index (χ2n) is 31.5. The van der Waals surface area contributed by atoms with Gasteiger partial charge in [-0.25, -0.2) is 29.9 Å². The third-order valence-corrected chi connectivity index (χ3v) is 23.6. The summed E-state index contributed by atoms with van der Waals surface area (Å²) in [5.41, 5.74) is 22.4. The second kappa shape index (κ2) is 34.0. The van der Waals surface area contributed by atoms with Gasteiger partial charge in [0, 0.05) is 73.4 Å². The number of hydrogen-bond donors (Lipinski definition) is 0. The molecule has 582 valence electrons. The highest BCUT2D eigenvalue weighted by Crippen LogP contribution is 2.40. The average molecular weight is 1640 g/mol. The number of hydrogen-bond acceptors (Lipinski definition) is 10. The van der Waals surface area contributed by atoms with E-state index in [1.807, 2.05) is 110 Å². The monoisotopic (exact) mass is 1630 g/mol. The Kier molecular flexibility index (Phi) is 21.5. The number of fused-ring (bicyclic) bond motifs is 6. The van der Waals surface area contributed by atoms with E-state index in [1.165, 1.54) is 87.6 Å². The number of pyridine rings is 2. The molecule has 0 spiro atoms. The van der Waals surface area contributed by atoms with Crippen molar-refractivity contribution in [1.29, 1.82) is 0 Å². The molecule has 1 saturated heterocycles. The van der Waals surface area contributed by atoms with Gasteiger partial charge in [-0.15, -0.1) is 0 Å². The largest absolute Gasteiger partial charge is 0.494 e. The van der Waals surface area contributed by atoms with E-state index >= 15 is 0 Å². The van der Waals surface area contributed by atoms with Gasteiger partial charge in [-0.05, 0) is 180 Å². The van der Waals surface area contributed by atoms with Crippen molar-refractivity contribution in [2.45, 2.75) is 38.9 Å². The number of aromatic nitrogens is 8. The van der Waals surface area contributed by atoms with Gasteiger partial charge in [0.05, 0.1) is 11.2 Å². The number of nitrogens with zero attached hydrogens (tertiary/aromatic N) is 8. The molecule has 1 aliphatic heterocycles. The molecule has 4 aromatic heterocycles. The Labute approximate surface area is 718 Å². The standard InChI is InChI=1S/C52H34N4.C39H26BrN3.C19H20BNO2/c1-3-8-35(9-4-1)36-18-23-42(24-19-36)51-54-50(41-10-5-2-6-11-41)55-52(56-51)43-25-20-38(21-26-43)37-14-16-39(17-15-37)44-12-7-13-45(32-44)46-28-29-48-47(33-46)27-22-40-30-31-53-34-49(40)48;40-36-13-7-12-35(26-36)31-16-14-29(15-17-31)30-20-24-34(25-21-30)39-42-37(32-10-5-2-6-11-32)41-38(43-39)33-22-18-28(19-23-33)27-8-3-1-4-9-27;1-18(2)19(3,4)23-20(22-18)15-7-8-16-14(11-15)6-5-13-9-10-21-12-17(13)16/h1-34H;1-26H;5-12H,1-4H3. The van der Waals surface area contributed by atoms with Gasteiger partial charge >= 0.3 is 7.12 Å². The van der Waals surface area contributed by atoms with E-state index in [2.05, 4.69) is 357 Å². The summed E-state index contributed by atoms with van der Waals surface area (Å²) < 4.78 is 13.4. The quantitative estimate of drug-likeness (QED) is 0.0768. The number of halogens is 1. The molecule has 1 fully saturated rings. The van der Waals surface area contributed by atoms with Crippen LogP contribution in [0, 0.1) is 0 Å². The normalized spacial score (nSPS) is 12.7. The topological polar surface area (TPSA) is 122 Å². The molecule has 5 heterocycles. The van der Waals surface area contributed by atoms with Crippen molar-refractivity contribution in [3.63, 3.8) is 0 Å². The van der Waals surface area contributed by atoms with Crippen LogP contribution < -0.4 is 5.46 Å². The maximum absolute atomic E-state index is 6.15. The molecule has 0 atom stereocenters. The molecule has 0 radical (unpaired) electrons. The zero-order valence-electron chi connectivity index (χ0n) is 67.6. The first kappa shape index (κ1) is 77.3. The van der Waals surface area contributed by atoms with Gasteiger partial charge < -0.3 is 9.31 Å². The third-order valence-electron chi connectivity index (χ3n) is 23.1. The molecule has 0 N–H and O–H groups in total. The molecule has 12 heteroatoms. The minimum absolute atomic E-state index is 0.320. The maximum atomic E-state index is 6.15. The number of rotatable bonds is 14. The summed E-state index contributed by atoms with van der Waals surface area (Å²) in [6.45, 7) is 8.31. The van der Waals surface area contributed by atoms with Gasteiger partial charge in [-0.2, -0.15) is 0 Å². The molecular formula is C110H80BBrN8O2. The van der Waals surface area contributed by atoms with E-state index in [0.717, 1.165) is 76.7 Å². The summed E-state index contributed by atoms with van der Waals surface area (Å²) in [6, 6.07) is 135. The maximum Gasteiger partial charge on any atom is 0.494 e. The predicted molar refractivity (Wildman–Crippen MR) is 506 cm³/mol. The summed E-state index contributed by atoms with van der Waals surface area (Å²) in [5, 5.41) is 9.58. The van der Waals surface area contributed by atoms with Gasteiger partial charge in [0.25, 0.3) is 0 Å². The highest BCUT2D eigenvalue weighted by Gasteiger charge is 2.51. The Balaban J connectivity index is 0.000000131. The number of benzene rings is 16. The predicted octanol–water partition coefficient (Wildman–Crippen LogP) is 27.6. The highest BCUT2D eigenvalue weighted by molar-refractivity contribution is 9.10. The van der Waals surface area contributed by atoms with Crippen molar-refractivity contribution in [3.8, 4) is 146 Å². The molecule has 0 bridgehead atoms. The smallest absolute Gasteiger partial charge is 0.399 e. The summed E-state index contributed by atoms with van der Waals surface area (Å²) in [6.07, 6.45) is 7.55. The van der Waals surface area contributed by atoms with Gasteiger partial charge in [-0.1, -0.05) is 368 Å². The van der Waals surface area contributed by atoms with Crippen molar-refractivity contribution in [3.05, 3.63) is 418 Å². The molecule has 0 amide bonds. The molecule has 16 aromatic carbocycles. The van der Waals surface area contributed by atoms with Crippen molar-refractivity contribution >= 4 is 71.6 Å². The molecular weight excluding hydrogens is 1560 g/mol. The molecule has 122 heavy (non-hydrogen) atoms. The van der Waals surface area contributed by atoms with E-state index in [-0.39, 0.29) is 18.3 Å². The van der Waals surface area contributed by atoms with Crippen LogP contribution in [0.4, 0.5) is 0 Å². The highest BCUT2D eigenvalue weighted by atomic mass is 79.9. The minimum atomic E-state index is -0.325. The Morgan fingerprint density at radius 3 is 0.828 bits per heavy atom. The Hall–Kier alpha value is -14.7. The van der Waals surface area contributed by atoms with Crippen LogP contribution in [0.2, 0.25) is 0 Å². The Bertz CT molecular complexity index is 7140. The lowest BCUT2D eigenvalue weighted by Gasteiger charge is -2.32. The van der Waals surface area contributed by atoms with Crippen LogP contribution in [-0.2, 0) is 9.31 Å². The fraction of sp³-hybridized carbons (Fsp3) is 0.0545. The van der Waals surface area contributed by atoms with E-state index in [4.69, 9.17) is 39.2 Å². The first-order chi connectivity index (χ1) is 59.8. The summed E-state index contributed by atoms with van der Waals surface area (Å²) in [4.78, 5) is 38.2. The Morgan fingerprint density at radius 1 is 0.213 bits per heavy atom. The molecule has 21 rings (SSSR count). The van der Waals surface area contributed by atoms with Crippen LogP contribution in [0.1, 0.15) is 27.7 Å². The van der Waals surface area contributed by atoms with Crippen LogP contribution >= 0.6 is 15.9 Å². The average Bonchev–Trinajstić information content (AvgIpc) is 1.56. The third kappa shape index (κ3) is 16.7. The minimum Gasteiger partial charge on any atom is -0.399 e. The summed E-state index contributed by atoms with van der Waals surface area (Å²) in [5.74, 6) is 3.87. The van der Waals surface area contributed by atoms with Crippen molar-refractivity contribution in [2.75, 3.05) is 0 Å². The van der Waals surface area contributed by atoms with E-state index in [0.29, 0.717) is 34.9 Å². The van der Waals surface area contributed by atoms with Crippen LogP contribution in [0.5, 0.6) is 0 Å². The molecule has 0 saturated carbocycles. The van der Waals surface area contributed by atoms with Gasteiger partial charge in [-0.3, -0.25) is 9.97 Å². The van der Waals surface area contributed by atoms with Crippen molar-refractivity contribution in [1.82, 2.24) is 39.9 Å². The van der Waals surface area contributed by atoms with E-state index in [9.17, 15) is 0 Å². The van der Waals surface area contributed by atoms with Crippen LogP contribution in [0.15, 0.2) is 418 Å². The first-order valence-corrected chi connectivity index (χ1v) is 41.7. The fourth-order valence-corrected chi connectivity index (χ4v) is 16.0. The molecule has 0 unspecified atom stereocenters.